The van der Waals surface area contributed by atoms with Crippen LogP contribution in [0.2, 0.25) is 0 Å². The second kappa shape index (κ2) is 16.0. The molecule has 4 amide bonds. The fourth-order valence-electron chi connectivity index (χ4n) is 4.08. The van der Waals surface area contributed by atoms with Crippen LogP contribution in [0.3, 0.4) is 0 Å². The van der Waals surface area contributed by atoms with Crippen LogP contribution >= 0.6 is 0 Å². The first-order valence-corrected chi connectivity index (χ1v) is 13.4. The van der Waals surface area contributed by atoms with Gasteiger partial charge in [0.05, 0.1) is 6.04 Å². The molecule has 5 atom stereocenters. The van der Waals surface area contributed by atoms with Crippen molar-refractivity contribution in [2.24, 2.45) is 17.4 Å². The van der Waals surface area contributed by atoms with Crippen LogP contribution in [0.25, 0.3) is 0 Å². The summed E-state index contributed by atoms with van der Waals surface area (Å²) in [4.78, 5) is 62.8. The van der Waals surface area contributed by atoms with Crippen LogP contribution in [0.4, 0.5) is 0 Å². The Hall–Kier alpha value is -4.45. The van der Waals surface area contributed by atoms with Crippen molar-refractivity contribution in [3.8, 4) is 5.75 Å². The maximum Gasteiger partial charge on any atom is 0.326 e. The third-order valence-corrected chi connectivity index (χ3v) is 6.73. The smallest absolute Gasteiger partial charge is 0.326 e. The van der Waals surface area contributed by atoms with Gasteiger partial charge in [-0.1, -0.05) is 62.7 Å². The Kier molecular flexibility index (Phi) is 12.8. The van der Waals surface area contributed by atoms with E-state index in [0.29, 0.717) is 12.0 Å². The average molecular weight is 570 g/mol. The molecule has 0 aromatic heterocycles. The third-order valence-electron chi connectivity index (χ3n) is 6.73. The van der Waals surface area contributed by atoms with Gasteiger partial charge in [-0.15, -0.1) is 0 Å². The molecular formula is C29H39N5O7. The lowest BCUT2D eigenvalue weighted by molar-refractivity contribution is -0.142. The minimum Gasteiger partial charge on any atom is -0.508 e. The molecule has 12 heteroatoms. The lowest BCUT2D eigenvalue weighted by atomic mass is 9.96. The van der Waals surface area contributed by atoms with Crippen LogP contribution < -0.4 is 27.4 Å². The van der Waals surface area contributed by atoms with Crippen LogP contribution in [0, 0.1) is 5.92 Å². The molecule has 0 heterocycles. The number of carbonyl (C=O) groups is 5. The summed E-state index contributed by atoms with van der Waals surface area (Å²) < 4.78 is 0. The number of rotatable bonds is 16. The number of nitrogens with two attached hydrogens (primary N) is 2. The summed E-state index contributed by atoms with van der Waals surface area (Å²) in [5.41, 5.74) is 12.7. The van der Waals surface area contributed by atoms with Crippen molar-refractivity contribution < 1.29 is 34.2 Å². The van der Waals surface area contributed by atoms with E-state index in [4.69, 9.17) is 11.5 Å². The Labute approximate surface area is 238 Å². The molecule has 0 radical (unpaired) electrons. The monoisotopic (exact) mass is 569 g/mol. The second-order valence-corrected chi connectivity index (χ2v) is 10.0. The molecule has 9 N–H and O–H groups in total. The van der Waals surface area contributed by atoms with E-state index in [1.165, 1.54) is 12.1 Å². The van der Waals surface area contributed by atoms with E-state index in [1.54, 1.807) is 26.0 Å². The van der Waals surface area contributed by atoms with E-state index in [1.807, 2.05) is 30.3 Å². The van der Waals surface area contributed by atoms with Crippen LogP contribution in [0.15, 0.2) is 54.6 Å². The first-order chi connectivity index (χ1) is 19.4. The van der Waals surface area contributed by atoms with Crippen molar-refractivity contribution in [3.05, 3.63) is 65.7 Å². The summed E-state index contributed by atoms with van der Waals surface area (Å²) >= 11 is 0. The van der Waals surface area contributed by atoms with Gasteiger partial charge in [-0.25, -0.2) is 4.79 Å². The molecule has 0 bridgehead atoms. The molecule has 41 heavy (non-hydrogen) atoms. The summed E-state index contributed by atoms with van der Waals surface area (Å²) in [5, 5.41) is 26.8. The molecule has 222 valence electrons. The highest BCUT2D eigenvalue weighted by Crippen LogP contribution is 2.14. The lowest BCUT2D eigenvalue weighted by Gasteiger charge is -2.28. The van der Waals surface area contributed by atoms with Crippen molar-refractivity contribution in [2.75, 3.05) is 0 Å². The molecule has 2 aromatic rings. The number of primary amides is 1. The number of benzene rings is 2. The number of phenolic OH excluding ortho intramolecular Hbond substituents is 1. The zero-order valence-electron chi connectivity index (χ0n) is 23.2. The van der Waals surface area contributed by atoms with Crippen molar-refractivity contribution in [1.82, 2.24) is 16.0 Å². The van der Waals surface area contributed by atoms with Crippen LogP contribution in [-0.4, -0.2) is 64.0 Å². The minimum absolute atomic E-state index is 0.0169. The van der Waals surface area contributed by atoms with E-state index in [9.17, 15) is 34.2 Å². The van der Waals surface area contributed by atoms with E-state index >= 15 is 0 Å². The maximum atomic E-state index is 13.3. The second-order valence-electron chi connectivity index (χ2n) is 10.0. The number of amides is 4. The van der Waals surface area contributed by atoms with Gasteiger partial charge in [0.1, 0.15) is 23.9 Å². The Morgan fingerprint density at radius 2 is 1.39 bits per heavy atom. The van der Waals surface area contributed by atoms with Gasteiger partial charge in [0.2, 0.25) is 23.6 Å². The van der Waals surface area contributed by atoms with Crippen LogP contribution in [-0.2, 0) is 36.8 Å². The minimum atomic E-state index is -1.31. The zero-order valence-corrected chi connectivity index (χ0v) is 23.2. The number of carbonyl (C=O) groups excluding carboxylic acids is 4. The van der Waals surface area contributed by atoms with Gasteiger partial charge in [0, 0.05) is 12.8 Å². The van der Waals surface area contributed by atoms with Gasteiger partial charge in [0.15, 0.2) is 0 Å². The Bertz CT molecular complexity index is 1190. The van der Waals surface area contributed by atoms with E-state index in [0.717, 1.165) is 5.56 Å². The molecule has 0 fully saturated rings. The number of aliphatic carboxylic acids is 1. The quantitative estimate of drug-likeness (QED) is 0.149. The molecule has 12 nitrogen and oxygen atoms in total. The maximum absolute atomic E-state index is 13.3. The number of hydrogen-bond acceptors (Lipinski definition) is 7. The molecule has 2 aromatic carbocycles. The number of phenols is 1. The normalized spacial score (nSPS) is 14.5. The predicted octanol–water partition coefficient (Wildman–Crippen LogP) is 0.355. The van der Waals surface area contributed by atoms with Crippen molar-refractivity contribution >= 4 is 29.6 Å². The Morgan fingerprint density at radius 1 is 0.805 bits per heavy atom. The van der Waals surface area contributed by atoms with Gasteiger partial charge in [-0.05, 0) is 42.0 Å². The third kappa shape index (κ3) is 10.9. The predicted molar refractivity (Wildman–Crippen MR) is 151 cm³/mol. The first kappa shape index (κ1) is 32.8. The number of hydrogen-bond donors (Lipinski definition) is 7. The summed E-state index contributed by atoms with van der Waals surface area (Å²) in [6.07, 6.45) is 0.290. The van der Waals surface area contributed by atoms with Gasteiger partial charge in [-0.3, -0.25) is 19.2 Å². The number of carboxylic acids is 1. The summed E-state index contributed by atoms with van der Waals surface area (Å²) in [7, 11) is 0. The zero-order chi connectivity index (χ0) is 30.5. The number of carboxylic acid groups (broad SMARTS) is 1. The van der Waals surface area contributed by atoms with Crippen LogP contribution in [0.5, 0.6) is 5.75 Å². The summed E-state index contributed by atoms with van der Waals surface area (Å²) in [5.74, 6) is -4.43. The largest absolute Gasteiger partial charge is 0.508 e. The average Bonchev–Trinajstić information content (AvgIpc) is 2.94. The fourth-order valence-corrected chi connectivity index (χ4v) is 4.08. The van der Waals surface area contributed by atoms with Gasteiger partial charge in [-0.2, -0.15) is 0 Å². The van der Waals surface area contributed by atoms with Gasteiger partial charge < -0.3 is 37.6 Å². The van der Waals surface area contributed by atoms with E-state index in [-0.39, 0.29) is 31.4 Å². The van der Waals surface area contributed by atoms with Gasteiger partial charge in [0.25, 0.3) is 0 Å². The molecule has 0 aliphatic heterocycles. The van der Waals surface area contributed by atoms with Gasteiger partial charge >= 0.3 is 5.97 Å². The standard InChI is InChI=1S/C29H39N5O7/c1-3-17(2)25(28(39)33-23(29(40)41)16-19-9-11-20(35)12-10-19)34-27(38)22(13-14-24(31)36)32-26(37)21(30)15-18-7-5-4-6-8-18/h4-12,17,21-23,25,35H,3,13-16,30H2,1-2H3,(H2,31,36)(H,32,37)(H,33,39)(H,34,38)(H,40,41). The lowest BCUT2D eigenvalue weighted by Crippen LogP contribution is -2.59. The molecular weight excluding hydrogens is 530 g/mol. The molecule has 0 aliphatic carbocycles. The number of aromatic hydroxyl groups is 1. The molecule has 0 aliphatic rings. The van der Waals surface area contributed by atoms with Crippen molar-refractivity contribution in [2.45, 2.75) is 70.1 Å². The first-order valence-electron chi connectivity index (χ1n) is 13.4. The molecule has 0 saturated carbocycles. The SMILES string of the molecule is CCC(C)C(NC(=O)C(CCC(N)=O)NC(=O)C(N)Cc1ccccc1)C(=O)NC(Cc1ccc(O)cc1)C(=O)O. The highest BCUT2D eigenvalue weighted by molar-refractivity contribution is 5.94. The molecule has 0 saturated heterocycles. The summed E-state index contributed by atoms with van der Waals surface area (Å²) in [6.45, 7) is 3.52. The van der Waals surface area contributed by atoms with E-state index in [2.05, 4.69) is 16.0 Å². The molecule has 5 unspecified atom stereocenters. The Balaban J connectivity index is 2.16. The fraction of sp³-hybridized carbons (Fsp3) is 0.414. The Morgan fingerprint density at radius 3 is 1.95 bits per heavy atom. The van der Waals surface area contributed by atoms with Crippen molar-refractivity contribution in [3.63, 3.8) is 0 Å². The van der Waals surface area contributed by atoms with E-state index < -0.39 is 59.7 Å². The molecule has 0 spiro atoms. The highest BCUT2D eigenvalue weighted by atomic mass is 16.4. The molecule has 2 rings (SSSR count). The summed E-state index contributed by atoms with van der Waals surface area (Å²) in [6, 6.07) is 10.3. The van der Waals surface area contributed by atoms with Crippen LogP contribution in [0.1, 0.15) is 44.2 Å². The highest BCUT2D eigenvalue weighted by Gasteiger charge is 2.33. The topological polar surface area (TPSA) is 214 Å². The van der Waals surface area contributed by atoms with Crippen molar-refractivity contribution in [1.29, 1.82) is 0 Å². The number of nitrogens with one attached hydrogen (secondary N) is 3.